The third-order valence-electron chi connectivity index (χ3n) is 1.78. The van der Waals surface area contributed by atoms with Crippen LogP contribution in [0.1, 0.15) is 11.4 Å². The second kappa shape index (κ2) is 4.08. The van der Waals surface area contributed by atoms with Crippen molar-refractivity contribution < 1.29 is 4.52 Å². The van der Waals surface area contributed by atoms with E-state index < -0.39 is 5.76 Å². The van der Waals surface area contributed by atoms with Gasteiger partial charge in [-0.2, -0.15) is 0 Å². The Hall–Kier alpha value is -1.26. The maximum atomic E-state index is 10.7. The molecule has 0 spiro atoms. The van der Waals surface area contributed by atoms with Crippen LogP contribution in [0.4, 0.5) is 0 Å². The highest BCUT2D eigenvalue weighted by Gasteiger charge is 2.04. The van der Waals surface area contributed by atoms with Crippen LogP contribution in [0.5, 0.6) is 0 Å². The highest BCUT2D eigenvalue weighted by molar-refractivity contribution is 6.34. The number of H-pyrrole nitrogens is 1. The monoisotopic (exact) mass is 244 g/mol. The van der Waals surface area contributed by atoms with Crippen molar-refractivity contribution in [2.24, 2.45) is 0 Å². The Balaban J connectivity index is 2.27. The zero-order valence-electron chi connectivity index (χ0n) is 7.46. The topological polar surface area (TPSA) is 58.9 Å². The van der Waals surface area contributed by atoms with Crippen LogP contribution < -0.4 is 5.76 Å². The molecule has 0 fully saturated rings. The van der Waals surface area contributed by atoms with Crippen molar-refractivity contribution in [2.75, 3.05) is 0 Å². The summed E-state index contributed by atoms with van der Waals surface area (Å²) in [5.41, 5.74) is 0.858. The molecule has 78 valence electrons. The fourth-order valence-electron chi connectivity index (χ4n) is 1.24. The zero-order chi connectivity index (χ0) is 10.8. The lowest BCUT2D eigenvalue weighted by molar-refractivity contribution is 0.382. The van der Waals surface area contributed by atoms with Crippen LogP contribution in [0.3, 0.4) is 0 Å². The van der Waals surface area contributed by atoms with Crippen LogP contribution in [0.2, 0.25) is 10.0 Å². The molecule has 1 N–H and O–H groups in total. The number of nitrogens with zero attached hydrogens (tertiary/aromatic N) is 1. The first-order chi connectivity index (χ1) is 7.13. The van der Waals surface area contributed by atoms with Gasteiger partial charge in [0.2, 0.25) is 0 Å². The largest absolute Gasteiger partial charge is 0.438 e. The Morgan fingerprint density at radius 1 is 1.27 bits per heavy atom. The lowest BCUT2D eigenvalue weighted by atomic mass is 10.1. The van der Waals surface area contributed by atoms with Gasteiger partial charge in [0.25, 0.3) is 0 Å². The van der Waals surface area contributed by atoms with Crippen molar-refractivity contribution >= 4 is 23.2 Å². The van der Waals surface area contributed by atoms with E-state index in [4.69, 9.17) is 23.2 Å². The number of hydrogen-bond acceptors (Lipinski definition) is 3. The van der Waals surface area contributed by atoms with Crippen molar-refractivity contribution in [3.8, 4) is 0 Å². The van der Waals surface area contributed by atoms with E-state index >= 15 is 0 Å². The predicted molar refractivity (Wildman–Crippen MR) is 56.4 cm³/mol. The molecule has 0 saturated heterocycles. The van der Waals surface area contributed by atoms with Gasteiger partial charge in [-0.3, -0.25) is 9.51 Å². The summed E-state index contributed by atoms with van der Waals surface area (Å²) in [6.45, 7) is 0. The van der Waals surface area contributed by atoms with Crippen molar-refractivity contribution in [3.63, 3.8) is 0 Å². The first kappa shape index (κ1) is 10.3. The van der Waals surface area contributed by atoms with E-state index in [1.165, 1.54) is 0 Å². The number of aromatic amines is 1. The standard InChI is InChI=1S/C9H6Cl2N2O2/c10-6-1-5(2-7(11)4-6)3-8-12-9(14)15-13-8/h1-2,4H,3H2,(H,12,13,14). The van der Waals surface area contributed by atoms with Gasteiger partial charge < -0.3 is 0 Å². The van der Waals surface area contributed by atoms with Gasteiger partial charge in [-0.05, 0) is 23.8 Å². The number of halogens is 2. The maximum Gasteiger partial charge on any atom is 0.438 e. The van der Waals surface area contributed by atoms with E-state index in [9.17, 15) is 4.79 Å². The lowest BCUT2D eigenvalue weighted by Gasteiger charge is -1.99. The third kappa shape index (κ3) is 2.61. The Bertz CT molecular complexity index is 513. The van der Waals surface area contributed by atoms with Gasteiger partial charge in [-0.25, -0.2) is 4.79 Å². The predicted octanol–water partition coefficient (Wildman–Crippen LogP) is 2.26. The van der Waals surface area contributed by atoms with Gasteiger partial charge in [-0.15, -0.1) is 0 Å². The van der Waals surface area contributed by atoms with E-state index in [0.29, 0.717) is 22.3 Å². The summed E-state index contributed by atoms with van der Waals surface area (Å²) in [7, 11) is 0. The molecule has 1 aromatic heterocycles. The zero-order valence-corrected chi connectivity index (χ0v) is 8.97. The second-order valence-corrected chi connectivity index (χ2v) is 3.87. The summed E-state index contributed by atoms with van der Waals surface area (Å²) >= 11 is 11.6. The van der Waals surface area contributed by atoms with E-state index in [1.807, 2.05) is 0 Å². The molecular formula is C9H6Cl2N2O2. The molecule has 0 amide bonds. The summed E-state index contributed by atoms with van der Waals surface area (Å²) in [4.78, 5) is 13.1. The van der Waals surface area contributed by atoms with Crippen molar-refractivity contribution in [3.05, 3.63) is 50.2 Å². The molecule has 1 aromatic carbocycles. The van der Waals surface area contributed by atoms with Gasteiger partial charge in [-0.1, -0.05) is 28.4 Å². The fraction of sp³-hybridized carbons (Fsp3) is 0.111. The van der Waals surface area contributed by atoms with Gasteiger partial charge in [0.05, 0.1) is 0 Å². The molecule has 0 radical (unpaired) electrons. The molecule has 15 heavy (non-hydrogen) atoms. The summed E-state index contributed by atoms with van der Waals surface area (Å²) in [6.07, 6.45) is 0.423. The van der Waals surface area contributed by atoms with Crippen molar-refractivity contribution in [1.82, 2.24) is 10.1 Å². The van der Waals surface area contributed by atoms with Crippen molar-refractivity contribution in [1.29, 1.82) is 0 Å². The van der Waals surface area contributed by atoms with Gasteiger partial charge >= 0.3 is 5.76 Å². The van der Waals surface area contributed by atoms with Crippen LogP contribution in [-0.4, -0.2) is 10.1 Å². The van der Waals surface area contributed by atoms with E-state index in [0.717, 1.165) is 5.56 Å². The lowest BCUT2D eigenvalue weighted by Crippen LogP contribution is -1.98. The SMILES string of the molecule is O=c1[nH]c(Cc2cc(Cl)cc(Cl)c2)no1. The van der Waals surface area contributed by atoms with Crippen LogP contribution in [0.25, 0.3) is 0 Å². The Kier molecular flexibility index (Phi) is 2.79. The molecule has 0 atom stereocenters. The molecule has 2 aromatic rings. The van der Waals surface area contributed by atoms with Gasteiger partial charge in [0, 0.05) is 16.5 Å². The molecule has 0 aliphatic heterocycles. The normalized spacial score (nSPS) is 10.5. The first-order valence-corrected chi connectivity index (χ1v) is 4.89. The molecule has 6 heteroatoms. The molecule has 0 aliphatic carbocycles. The van der Waals surface area contributed by atoms with Crippen LogP contribution in [-0.2, 0) is 6.42 Å². The Morgan fingerprint density at radius 2 is 1.93 bits per heavy atom. The first-order valence-electron chi connectivity index (χ1n) is 4.13. The summed E-state index contributed by atoms with van der Waals surface area (Å²) in [6, 6.07) is 5.14. The number of hydrogen-bond donors (Lipinski definition) is 1. The molecule has 1 heterocycles. The second-order valence-electron chi connectivity index (χ2n) is 3.00. The number of nitrogens with one attached hydrogen (secondary N) is 1. The van der Waals surface area contributed by atoms with E-state index in [1.54, 1.807) is 18.2 Å². The quantitative estimate of drug-likeness (QED) is 0.882. The highest BCUT2D eigenvalue weighted by Crippen LogP contribution is 2.20. The van der Waals surface area contributed by atoms with Crippen LogP contribution in [0, 0.1) is 0 Å². The minimum atomic E-state index is -0.571. The average molecular weight is 245 g/mol. The van der Waals surface area contributed by atoms with Crippen LogP contribution in [0.15, 0.2) is 27.5 Å². The number of benzene rings is 1. The molecule has 0 saturated carbocycles. The minimum Gasteiger partial charge on any atom is -0.296 e. The average Bonchev–Trinajstić information content (AvgIpc) is 2.49. The molecule has 2 rings (SSSR count). The van der Waals surface area contributed by atoms with Gasteiger partial charge in [0.1, 0.15) is 0 Å². The minimum absolute atomic E-state index is 0.423. The Morgan fingerprint density at radius 3 is 2.47 bits per heavy atom. The molecule has 0 aliphatic rings. The molecule has 4 nitrogen and oxygen atoms in total. The van der Waals surface area contributed by atoms with E-state index in [2.05, 4.69) is 14.7 Å². The van der Waals surface area contributed by atoms with Gasteiger partial charge in [0.15, 0.2) is 5.82 Å². The van der Waals surface area contributed by atoms with E-state index in [-0.39, 0.29) is 0 Å². The maximum absolute atomic E-state index is 10.7. The third-order valence-corrected chi connectivity index (χ3v) is 2.22. The molecular weight excluding hydrogens is 239 g/mol. The smallest absolute Gasteiger partial charge is 0.296 e. The number of rotatable bonds is 2. The molecule has 0 unspecified atom stereocenters. The van der Waals surface area contributed by atoms with Crippen LogP contribution >= 0.6 is 23.2 Å². The highest BCUT2D eigenvalue weighted by atomic mass is 35.5. The van der Waals surface area contributed by atoms with Crippen molar-refractivity contribution in [2.45, 2.75) is 6.42 Å². The fourth-order valence-corrected chi connectivity index (χ4v) is 1.81. The summed E-state index contributed by atoms with van der Waals surface area (Å²) in [5, 5.41) is 4.63. The molecule has 0 bridgehead atoms. The number of aromatic nitrogens is 2. The summed E-state index contributed by atoms with van der Waals surface area (Å²) < 4.78 is 4.37. The summed E-state index contributed by atoms with van der Waals surface area (Å²) in [5.74, 6) is -0.128. The Labute approximate surface area is 94.8 Å².